The van der Waals surface area contributed by atoms with Gasteiger partial charge in [-0.1, -0.05) is 22.8 Å². The minimum Gasteiger partial charge on any atom is -0.459 e. The molecule has 7 heteroatoms. The topological polar surface area (TPSA) is 52.3 Å². The largest absolute Gasteiger partial charge is 0.459 e. The van der Waals surface area contributed by atoms with E-state index in [0.717, 1.165) is 0 Å². The molecule has 0 amide bonds. The number of rotatable bonds is 5. The molecule has 0 aliphatic heterocycles. The Bertz CT molecular complexity index is 918. The van der Waals surface area contributed by atoms with Crippen molar-refractivity contribution >= 4 is 17.6 Å². The van der Waals surface area contributed by atoms with Crippen molar-refractivity contribution in [1.82, 2.24) is 5.16 Å². The predicted octanol–water partition coefficient (Wildman–Crippen LogP) is 4.87. The standard InChI is InChI=1S/C19H14ClF2NO3/c1-11-17(23-26-19(11)12-5-7-13(21)8-6-12)10-25-18(24)9-14-15(20)3-2-4-16(14)22/h2-8H,9-10H2,1H3. The van der Waals surface area contributed by atoms with Crippen LogP contribution in [0, 0.1) is 18.6 Å². The van der Waals surface area contributed by atoms with Crippen LogP contribution in [0.2, 0.25) is 5.02 Å². The third-order valence-corrected chi connectivity index (χ3v) is 4.23. The quantitative estimate of drug-likeness (QED) is 0.595. The summed E-state index contributed by atoms with van der Waals surface area (Å²) in [5.74, 6) is -1.09. The smallest absolute Gasteiger partial charge is 0.310 e. The van der Waals surface area contributed by atoms with Gasteiger partial charge < -0.3 is 9.26 Å². The summed E-state index contributed by atoms with van der Waals surface area (Å²) in [6, 6.07) is 9.96. The lowest BCUT2D eigenvalue weighted by Gasteiger charge is -2.06. The van der Waals surface area contributed by atoms with Crippen LogP contribution in [0.4, 0.5) is 8.78 Å². The number of carbonyl (C=O) groups excluding carboxylic acids is 1. The highest BCUT2D eigenvalue weighted by molar-refractivity contribution is 6.31. The van der Waals surface area contributed by atoms with Gasteiger partial charge in [-0.05, 0) is 43.3 Å². The van der Waals surface area contributed by atoms with E-state index in [2.05, 4.69) is 5.16 Å². The first-order chi connectivity index (χ1) is 12.5. The van der Waals surface area contributed by atoms with Crippen LogP contribution in [0.3, 0.4) is 0 Å². The Morgan fingerprint density at radius 1 is 1.19 bits per heavy atom. The van der Waals surface area contributed by atoms with Crippen molar-refractivity contribution in [3.05, 3.63) is 75.9 Å². The molecular weight excluding hydrogens is 364 g/mol. The second-order valence-corrected chi connectivity index (χ2v) is 6.04. The summed E-state index contributed by atoms with van der Waals surface area (Å²) in [7, 11) is 0. The van der Waals surface area contributed by atoms with Crippen molar-refractivity contribution in [3.63, 3.8) is 0 Å². The number of halogens is 3. The molecule has 0 saturated carbocycles. The Morgan fingerprint density at radius 2 is 1.92 bits per heavy atom. The third-order valence-electron chi connectivity index (χ3n) is 3.88. The van der Waals surface area contributed by atoms with Crippen molar-refractivity contribution < 1.29 is 22.8 Å². The Morgan fingerprint density at radius 3 is 2.62 bits per heavy atom. The lowest BCUT2D eigenvalue weighted by Crippen LogP contribution is -2.10. The van der Waals surface area contributed by atoms with Gasteiger partial charge in [0.15, 0.2) is 5.76 Å². The highest BCUT2D eigenvalue weighted by Gasteiger charge is 2.17. The molecule has 2 aromatic carbocycles. The lowest BCUT2D eigenvalue weighted by molar-refractivity contribution is -0.144. The van der Waals surface area contributed by atoms with Crippen LogP contribution >= 0.6 is 11.6 Å². The highest BCUT2D eigenvalue weighted by atomic mass is 35.5. The first kappa shape index (κ1) is 18.1. The third kappa shape index (κ3) is 3.91. The number of carbonyl (C=O) groups is 1. The van der Waals surface area contributed by atoms with Crippen LogP contribution in [-0.2, 0) is 22.6 Å². The van der Waals surface area contributed by atoms with Crippen LogP contribution in [0.5, 0.6) is 0 Å². The van der Waals surface area contributed by atoms with Gasteiger partial charge in [-0.15, -0.1) is 0 Å². The normalized spacial score (nSPS) is 10.8. The minimum atomic E-state index is -0.636. The summed E-state index contributed by atoms with van der Waals surface area (Å²) in [4.78, 5) is 12.0. The average Bonchev–Trinajstić information content (AvgIpc) is 2.98. The average molecular weight is 378 g/mol. The predicted molar refractivity (Wildman–Crippen MR) is 91.5 cm³/mol. The van der Waals surface area contributed by atoms with E-state index in [1.54, 1.807) is 19.1 Å². The van der Waals surface area contributed by atoms with Crippen molar-refractivity contribution in [1.29, 1.82) is 0 Å². The monoisotopic (exact) mass is 377 g/mol. The van der Waals surface area contributed by atoms with Crippen LogP contribution < -0.4 is 0 Å². The molecule has 0 unspecified atom stereocenters. The molecule has 4 nitrogen and oxygen atoms in total. The number of nitrogens with zero attached hydrogens (tertiary/aromatic N) is 1. The molecule has 0 radical (unpaired) electrons. The molecule has 0 aliphatic carbocycles. The molecule has 1 heterocycles. The van der Waals surface area contributed by atoms with Gasteiger partial charge in [0.2, 0.25) is 0 Å². The SMILES string of the molecule is Cc1c(COC(=O)Cc2c(F)cccc2Cl)noc1-c1ccc(F)cc1. The zero-order chi connectivity index (χ0) is 18.7. The Kier molecular flexibility index (Phi) is 5.32. The molecule has 3 aromatic rings. The van der Waals surface area contributed by atoms with Gasteiger partial charge >= 0.3 is 5.97 Å². The van der Waals surface area contributed by atoms with Crippen molar-refractivity contribution in [2.75, 3.05) is 0 Å². The van der Waals surface area contributed by atoms with Crippen molar-refractivity contribution in [2.24, 2.45) is 0 Å². The number of esters is 1. The summed E-state index contributed by atoms with van der Waals surface area (Å²) in [5, 5.41) is 4.05. The fourth-order valence-electron chi connectivity index (χ4n) is 2.42. The maximum absolute atomic E-state index is 13.7. The van der Waals surface area contributed by atoms with Gasteiger partial charge in [0.05, 0.1) is 6.42 Å². The highest BCUT2D eigenvalue weighted by Crippen LogP contribution is 2.26. The van der Waals surface area contributed by atoms with Gasteiger partial charge in [-0.25, -0.2) is 8.78 Å². The molecule has 26 heavy (non-hydrogen) atoms. The Labute approximate surface area is 153 Å². The first-order valence-corrected chi connectivity index (χ1v) is 8.13. The van der Waals surface area contributed by atoms with E-state index in [-0.39, 0.29) is 29.4 Å². The molecule has 0 aliphatic rings. The van der Waals surface area contributed by atoms with E-state index in [0.29, 0.717) is 22.6 Å². The fraction of sp³-hybridized carbons (Fsp3) is 0.158. The number of hydrogen-bond acceptors (Lipinski definition) is 4. The van der Waals surface area contributed by atoms with E-state index < -0.39 is 11.8 Å². The van der Waals surface area contributed by atoms with E-state index in [1.807, 2.05) is 0 Å². The lowest BCUT2D eigenvalue weighted by atomic mass is 10.1. The molecule has 3 rings (SSSR count). The molecule has 0 spiro atoms. The van der Waals surface area contributed by atoms with E-state index in [4.69, 9.17) is 20.9 Å². The minimum absolute atomic E-state index is 0.0862. The van der Waals surface area contributed by atoms with E-state index >= 15 is 0 Å². The van der Waals surface area contributed by atoms with Crippen molar-refractivity contribution in [3.8, 4) is 11.3 Å². The molecule has 134 valence electrons. The van der Waals surface area contributed by atoms with Gasteiger partial charge in [-0.3, -0.25) is 4.79 Å². The van der Waals surface area contributed by atoms with Crippen LogP contribution in [0.25, 0.3) is 11.3 Å². The number of ether oxygens (including phenoxy) is 1. The van der Waals surface area contributed by atoms with Crippen LogP contribution in [0.15, 0.2) is 47.0 Å². The second-order valence-electron chi connectivity index (χ2n) is 5.63. The summed E-state index contributed by atoms with van der Waals surface area (Å²) in [6.45, 7) is 1.63. The number of hydrogen-bond donors (Lipinski definition) is 0. The molecule has 0 atom stereocenters. The number of benzene rings is 2. The zero-order valence-electron chi connectivity index (χ0n) is 13.8. The molecule has 1 aromatic heterocycles. The van der Waals surface area contributed by atoms with Crippen molar-refractivity contribution in [2.45, 2.75) is 20.0 Å². The fourth-order valence-corrected chi connectivity index (χ4v) is 2.65. The van der Waals surface area contributed by atoms with Crippen LogP contribution in [0.1, 0.15) is 16.8 Å². The summed E-state index contributed by atoms with van der Waals surface area (Å²) >= 11 is 5.90. The van der Waals surface area contributed by atoms with Crippen LogP contribution in [-0.4, -0.2) is 11.1 Å². The van der Waals surface area contributed by atoms with Gasteiger partial charge in [0.1, 0.15) is 23.9 Å². The van der Waals surface area contributed by atoms with Gasteiger partial charge in [-0.2, -0.15) is 0 Å². The molecule has 0 saturated heterocycles. The summed E-state index contributed by atoms with van der Waals surface area (Å²) < 4.78 is 37.1. The summed E-state index contributed by atoms with van der Waals surface area (Å²) in [5.41, 5.74) is 1.85. The maximum Gasteiger partial charge on any atom is 0.310 e. The second kappa shape index (κ2) is 7.66. The zero-order valence-corrected chi connectivity index (χ0v) is 14.5. The van der Waals surface area contributed by atoms with E-state index in [9.17, 15) is 13.6 Å². The van der Waals surface area contributed by atoms with Gasteiger partial charge in [0, 0.05) is 21.7 Å². The van der Waals surface area contributed by atoms with E-state index in [1.165, 1.54) is 30.3 Å². The first-order valence-electron chi connectivity index (χ1n) is 7.75. The van der Waals surface area contributed by atoms with Gasteiger partial charge in [0.25, 0.3) is 0 Å². The molecule has 0 N–H and O–H groups in total. The summed E-state index contributed by atoms with van der Waals surface area (Å²) in [6.07, 6.45) is -0.284. The maximum atomic E-state index is 13.7. The molecular formula is C19H14ClF2NO3. The molecule has 0 fully saturated rings. The molecule has 0 bridgehead atoms. The number of aromatic nitrogens is 1. The Hall–Kier alpha value is -2.73. The Balaban J connectivity index is 1.67.